The summed E-state index contributed by atoms with van der Waals surface area (Å²) in [5.41, 5.74) is 0.417. The molecular formula is C14H22O4Si. The Labute approximate surface area is 115 Å². The normalized spacial score (nSPS) is 36.4. The molecule has 0 amide bonds. The largest absolute Gasteiger partial charge is 0.469 e. The van der Waals surface area contributed by atoms with Gasteiger partial charge < -0.3 is 9.47 Å². The molecule has 1 unspecified atom stereocenters. The summed E-state index contributed by atoms with van der Waals surface area (Å²) in [4.78, 5) is 24.1. The van der Waals surface area contributed by atoms with Gasteiger partial charge in [0.1, 0.15) is 0 Å². The molecule has 2 rings (SSSR count). The standard InChI is InChI=1S/C14H22O4Si/c1-17-13(15)10-8-6-7-9(11(10)14(16)18-2)12(8)19(3,4)5/h6-12H,1-5H3/t8-,9+,10-,11-,12?/m1/s1. The van der Waals surface area contributed by atoms with Crippen molar-refractivity contribution in [3.05, 3.63) is 12.2 Å². The molecule has 5 heteroatoms. The molecule has 0 saturated heterocycles. The van der Waals surface area contributed by atoms with Crippen molar-refractivity contribution in [2.75, 3.05) is 14.2 Å². The first-order valence-corrected chi connectivity index (χ1v) is 10.2. The fourth-order valence-corrected chi connectivity index (χ4v) is 6.90. The number of allylic oxidation sites excluding steroid dienone is 2. The molecule has 0 aliphatic heterocycles. The quantitative estimate of drug-likeness (QED) is 0.452. The summed E-state index contributed by atoms with van der Waals surface area (Å²) < 4.78 is 9.82. The van der Waals surface area contributed by atoms with Crippen LogP contribution in [0.25, 0.3) is 0 Å². The van der Waals surface area contributed by atoms with Gasteiger partial charge in [-0.3, -0.25) is 9.59 Å². The van der Waals surface area contributed by atoms with E-state index in [2.05, 4.69) is 31.8 Å². The van der Waals surface area contributed by atoms with Gasteiger partial charge in [-0.25, -0.2) is 0 Å². The second kappa shape index (κ2) is 4.78. The van der Waals surface area contributed by atoms with E-state index in [1.807, 2.05) is 0 Å². The number of carbonyl (C=O) groups is 2. The third-order valence-corrected chi connectivity index (χ3v) is 7.32. The molecule has 2 bridgehead atoms. The lowest BCUT2D eigenvalue weighted by molar-refractivity contribution is -0.158. The highest BCUT2D eigenvalue weighted by Gasteiger charge is 2.61. The minimum atomic E-state index is -1.47. The number of methoxy groups -OCH3 is 2. The minimum absolute atomic E-state index is 0.133. The van der Waals surface area contributed by atoms with Gasteiger partial charge in [-0.1, -0.05) is 31.8 Å². The summed E-state index contributed by atoms with van der Waals surface area (Å²) in [5, 5.41) is 0. The monoisotopic (exact) mass is 282 g/mol. The maximum atomic E-state index is 12.1. The number of rotatable bonds is 3. The lowest BCUT2D eigenvalue weighted by atomic mass is 9.83. The molecule has 0 radical (unpaired) electrons. The van der Waals surface area contributed by atoms with E-state index in [9.17, 15) is 9.59 Å². The molecule has 2 aliphatic rings. The molecule has 5 atom stereocenters. The highest BCUT2D eigenvalue weighted by Crippen LogP contribution is 2.59. The van der Waals surface area contributed by atoms with Crippen molar-refractivity contribution >= 4 is 20.0 Å². The Balaban J connectivity index is 2.40. The lowest BCUT2D eigenvalue weighted by Crippen LogP contribution is -2.34. The number of carbonyl (C=O) groups excluding carboxylic acids is 2. The van der Waals surface area contributed by atoms with Crippen LogP contribution in [-0.4, -0.2) is 34.2 Å². The Morgan fingerprint density at radius 3 is 1.53 bits per heavy atom. The predicted octanol–water partition coefficient (Wildman–Crippen LogP) is 2.09. The van der Waals surface area contributed by atoms with Crippen LogP contribution in [0.4, 0.5) is 0 Å². The van der Waals surface area contributed by atoms with Crippen molar-refractivity contribution in [2.24, 2.45) is 23.7 Å². The van der Waals surface area contributed by atoms with Gasteiger partial charge >= 0.3 is 11.9 Å². The average Bonchev–Trinajstić information content (AvgIpc) is 2.91. The van der Waals surface area contributed by atoms with Crippen molar-refractivity contribution in [1.29, 1.82) is 0 Å². The van der Waals surface area contributed by atoms with E-state index in [0.717, 1.165) is 0 Å². The zero-order valence-corrected chi connectivity index (χ0v) is 13.2. The van der Waals surface area contributed by atoms with Crippen LogP contribution < -0.4 is 0 Å². The number of fused-ring (bicyclic) bond motifs is 2. The Morgan fingerprint density at radius 2 is 1.26 bits per heavy atom. The zero-order chi connectivity index (χ0) is 14.4. The molecule has 0 heterocycles. The second-order valence-corrected chi connectivity index (χ2v) is 11.9. The van der Waals surface area contributed by atoms with Gasteiger partial charge in [0.2, 0.25) is 0 Å². The number of esters is 2. The summed E-state index contributed by atoms with van der Waals surface area (Å²) in [6.45, 7) is 6.87. The number of hydrogen-bond acceptors (Lipinski definition) is 4. The molecule has 2 aliphatic carbocycles. The SMILES string of the molecule is COC(=O)[C@H]1[C@H](C(=O)OC)[C@H]2C=C[C@@H]1C2[Si](C)(C)C. The molecule has 0 aromatic rings. The van der Waals surface area contributed by atoms with Crippen LogP contribution in [0, 0.1) is 23.7 Å². The first-order valence-electron chi connectivity index (χ1n) is 6.67. The van der Waals surface area contributed by atoms with E-state index in [-0.39, 0.29) is 35.6 Å². The smallest absolute Gasteiger partial charge is 0.310 e. The summed E-state index contributed by atoms with van der Waals surface area (Å²) >= 11 is 0. The Bertz CT molecular complexity index is 392. The Hall–Kier alpha value is -1.10. The summed E-state index contributed by atoms with van der Waals surface area (Å²) in [5.74, 6) is -1.04. The van der Waals surface area contributed by atoms with Crippen molar-refractivity contribution in [2.45, 2.75) is 25.2 Å². The van der Waals surface area contributed by atoms with Crippen molar-refractivity contribution in [1.82, 2.24) is 0 Å². The van der Waals surface area contributed by atoms with Crippen LogP contribution in [0.5, 0.6) is 0 Å². The van der Waals surface area contributed by atoms with E-state index in [0.29, 0.717) is 5.54 Å². The van der Waals surface area contributed by atoms with Gasteiger partial charge in [0, 0.05) is 8.07 Å². The summed E-state index contributed by atoms with van der Waals surface area (Å²) in [6.07, 6.45) is 4.21. The summed E-state index contributed by atoms with van der Waals surface area (Å²) in [7, 11) is 1.30. The predicted molar refractivity (Wildman–Crippen MR) is 74.2 cm³/mol. The van der Waals surface area contributed by atoms with Crippen molar-refractivity contribution < 1.29 is 19.1 Å². The van der Waals surface area contributed by atoms with Crippen LogP contribution in [0.2, 0.25) is 25.2 Å². The topological polar surface area (TPSA) is 52.6 Å². The molecule has 0 N–H and O–H groups in total. The fourth-order valence-electron chi connectivity index (χ4n) is 3.95. The van der Waals surface area contributed by atoms with Gasteiger partial charge in [0.15, 0.2) is 0 Å². The third kappa shape index (κ3) is 2.14. The third-order valence-electron chi connectivity index (χ3n) is 4.55. The number of hydrogen-bond donors (Lipinski definition) is 0. The van der Waals surface area contributed by atoms with E-state index in [1.54, 1.807) is 0 Å². The minimum Gasteiger partial charge on any atom is -0.469 e. The van der Waals surface area contributed by atoms with Gasteiger partial charge in [-0.2, -0.15) is 0 Å². The van der Waals surface area contributed by atoms with E-state index < -0.39 is 8.07 Å². The molecule has 106 valence electrons. The zero-order valence-electron chi connectivity index (χ0n) is 12.2. The van der Waals surface area contributed by atoms with Gasteiger partial charge in [-0.05, 0) is 17.4 Å². The molecule has 1 saturated carbocycles. The van der Waals surface area contributed by atoms with Gasteiger partial charge in [0.05, 0.1) is 26.1 Å². The lowest BCUT2D eigenvalue weighted by Gasteiger charge is -2.29. The van der Waals surface area contributed by atoms with E-state index in [1.165, 1.54) is 14.2 Å². The second-order valence-electron chi connectivity index (χ2n) is 6.53. The molecule has 0 aromatic carbocycles. The van der Waals surface area contributed by atoms with Crippen LogP contribution in [0.3, 0.4) is 0 Å². The first kappa shape index (κ1) is 14.3. The van der Waals surface area contributed by atoms with Crippen LogP contribution in [-0.2, 0) is 19.1 Å². The van der Waals surface area contributed by atoms with Gasteiger partial charge in [-0.15, -0.1) is 0 Å². The van der Waals surface area contributed by atoms with Crippen LogP contribution in [0.1, 0.15) is 0 Å². The molecule has 0 spiro atoms. The summed E-state index contributed by atoms with van der Waals surface area (Å²) in [6, 6.07) is 0. The van der Waals surface area contributed by atoms with Crippen LogP contribution in [0.15, 0.2) is 12.2 Å². The molecule has 1 fully saturated rings. The average molecular weight is 282 g/mol. The molecular weight excluding hydrogens is 260 g/mol. The van der Waals surface area contributed by atoms with E-state index in [4.69, 9.17) is 9.47 Å². The maximum absolute atomic E-state index is 12.1. The van der Waals surface area contributed by atoms with Crippen molar-refractivity contribution in [3.8, 4) is 0 Å². The number of ether oxygens (including phenoxy) is 2. The maximum Gasteiger partial charge on any atom is 0.310 e. The fraction of sp³-hybridized carbons (Fsp3) is 0.714. The highest BCUT2D eigenvalue weighted by molar-refractivity contribution is 6.77. The first-order chi connectivity index (χ1) is 8.82. The van der Waals surface area contributed by atoms with Crippen LogP contribution >= 0.6 is 0 Å². The molecule has 19 heavy (non-hydrogen) atoms. The highest BCUT2D eigenvalue weighted by atomic mass is 28.3. The van der Waals surface area contributed by atoms with Gasteiger partial charge in [0.25, 0.3) is 0 Å². The van der Waals surface area contributed by atoms with E-state index >= 15 is 0 Å². The molecule has 4 nitrogen and oxygen atoms in total. The molecule has 0 aromatic heterocycles. The van der Waals surface area contributed by atoms with Crippen molar-refractivity contribution in [3.63, 3.8) is 0 Å². The Morgan fingerprint density at radius 1 is 0.895 bits per heavy atom. The Kier molecular flexibility index (Phi) is 3.60.